The number of anilines is 1. The highest BCUT2D eigenvalue weighted by Gasteiger charge is 2.26. The fourth-order valence-electron chi connectivity index (χ4n) is 2.38. The van der Waals surface area contributed by atoms with E-state index in [1.54, 1.807) is 24.3 Å². The molecule has 26 heavy (non-hydrogen) atoms. The first-order chi connectivity index (χ1) is 12.2. The van der Waals surface area contributed by atoms with Gasteiger partial charge in [0.1, 0.15) is 12.1 Å². The summed E-state index contributed by atoms with van der Waals surface area (Å²) >= 11 is 3.32. The molecule has 0 saturated heterocycles. The van der Waals surface area contributed by atoms with Crippen LogP contribution >= 0.6 is 15.9 Å². The molecular formula is C18H26BrN3O4. The Morgan fingerprint density at radius 2 is 1.69 bits per heavy atom. The van der Waals surface area contributed by atoms with E-state index in [1.807, 2.05) is 20.8 Å². The van der Waals surface area contributed by atoms with Gasteiger partial charge >= 0.3 is 12.0 Å². The van der Waals surface area contributed by atoms with E-state index in [0.717, 1.165) is 4.47 Å². The van der Waals surface area contributed by atoms with Crippen LogP contribution in [0.25, 0.3) is 0 Å². The Hall–Kier alpha value is -2.09. The molecule has 1 rings (SSSR count). The SMILES string of the molecule is CCC[C@H](NC(=O)[C@H](CC(C)C)NC(=O)Nc1ccc(Br)cc1)C(=O)O. The first-order valence-corrected chi connectivity index (χ1v) is 9.38. The maximum Gasteiger partial charge on any atom is 0.326 e. The smallest absolute Gasteiger partial charge is 0.326 e. The Labute approximate surface area is 162 Å². The van der Waals surface area contributed by atoms with Gasteiger partial charge in [0.25, 0.3) is 0 Å². The number of aliphatic carboxylic acids is 1. The molecule has 0 aliphatic heterocycles. The minimum Gasteiger partial charge on any atom is -0.480 e. The number of hydrogen-bond acceptors (Lipinski definition) is 3. The number of hydrogen-bond donors (Lipinski definition) is 4. The van der Waals surface area contributed by atoms with Crippen LogP contribution in [0, 0.1) is 5.92 Å². The van der Waals surface area contributed by atoms with Crippen LogP contribution in [-0.2, 0) is 9.59 Å². The normalized spacial score (nSPS) is 13.0. The third kappa shape index (κ3) is 7.86. The second kappa shape index (κ2) is 10.8. The number of carbonyl (C=O) groups is 3. The van der Waals surface area contributed by atoms with Gasteiger partial charge in [-0.15, -0.1) is 0 Å². The maximum absolute atomic E-state index is 12.5. The van der Waals surface area contributed by atoms with Crippen LogP contribution in [0.1, 0.15) is 40.0 Å². The standard InChI is InChI=1S/C18H26BrN3O4/c1-4-5-14(17(24)25)21-16(23)15(10-11(2)3)22-18(26)20-13-8-6-12(19)7-9-13/h6-9,11,14-15H,4-5,10H2,1-3H3,(H,21,23)(H,24,25)(H2,20,22,26)/t14-,15-/m0/s1. The average Bonchev–Trinajstić information content (AvgIpc) is 2.55. The molecule has 0 heterocycles. The van der Waals surface area contributed by atoms with E-state index in [0.29, 0.717) is 24.9 Å². The number of carbonyl (C=O) groups excluding carboxylic acids is 2. The molecule has 0 aromatic heterocycles. The molecule has 0 unspecified atom stereocenters. The van der Waals surface area contributed by atoms with E-state index in [2.05, 4.69) is 31.9 Å². The average molecular weight is 428 g/mol. The predicted molar refractivity (Wildman–Crippen MR) is 104 cm³/mol. The molecule has 0 saturated carbocycles. The van der Waals surface area contributed by atoms with E-state index in [1.165, 1.54) is 0 Å². The number of nitrogens with one attached hydrogen (secondary N) is 3. The van der Waals surface area contributed by atoms with Crippen molar-refractivity contribution >= 4 is 39.5 Å². The number of carboxylic acid groups (broad SMARTS) is 1. The highest BCUT2D eigenvalue weighted by atomic mass is 79.9. The highest BCUT2D eigenvalue weighted by Crippen LogP contribution is 2.14. The lowest BCUT2D eigenvalue weighted by molar-refractivity contribution is -0.142. The lowest BCUT2D eigenvalue weighted by Crippen LogP contribution is -2.52. The van der Waals surface area contributed by atoms with E-state index in [9.17, 15) is 19.5 Å². The van der Waals surface area contributed by atoms with Crippen molar-refractivity contribution in [1.29, 1.82) is 0 Å². The Bertz CT molecular complexity index is 619. The lowest BCUT2D eigenvalue weighted by atomic mass is 10.0. The van der Waals surface area contributed by atoms with Crippen LogP contribution in [-0.4, -0.2) is 35.1 Å². The van der Waals surface area contributed by atoms with Gasteiger partial charge in [-0.25, -0.2) is 9.59 Å². The van der Waals surface area contributed by atoms with Crippen molar-refractivity contribution < 1.29 is 19.5 Å². The largest absolute Gasteiger partial charge is 0.480 e. The van der Waals surface area contributed by atoms with Crippen LogP contribution in [0.2, 0.25) is 0 Å². The van der Waals surface area contributed by atoms with E-state index in [4.69, 9.17) is 0 Å². The first kappa shape index (κ1) is 22.0. The Balaban J connectivity index is 2.75. The molecule has 0 aliphatic rings. The molecule has 1 aromatic carbocycles. The Kier molecular flexibility index (Phi) is 9.12. The second-order valence-electron chi connectivity index (χ2n) is 6.48. The summed E-state index contributed by atoms with van der Waals surface area (Å²) in [4.78, 5) is 35.9. The second-order valence-corrected chi connectivity index (χ2v) is 7.39. The van der Waals surface area contributed by atoms with Crippen LogP contribution in [0.4, 0.5) is 10.5 Å². The van der Waals surface area contributed by atoms with Gasteiger partial charge in [0.2, 0.25) is 5.91 Å². The van der Waals surface area contributed by atoms with E-state index < -0.39 is 30.0 Å². The minimum absolute atomic E-state index is 0.146. The monoisotopic (exact) mass is 427 g/mol. The fourth-order valence-corrected chi connectivity index (χ4v) is 2.64. The lowest BCUT2D eigenvalue weighted by Gasteiger charge is -2.22. The fraction of sp³-hybridized carbons (Fsp3) is 0.500. The summed E-state index contributed by atoms with van der Waals surface area (Å²) in [5, 5.41) is 17.0. The molecular weight excluding hydrogens is 402 g/mol. The summed E-state index contributed by atoms with van der Waals surface area (Å²) in [6, 6.07) is 4.73. The van der Waals surface area contributed by atoms with Gasteiger partial charge in [-0.1, -0.05) is 43.1 Å². The summed E-state index contributed by atoms with van der Waals surface area (Å²) < 4.78 is 0.885. The first-order valence-electron chi connectivity index (χ1n) is 8.59. The molecule has 0 spiro atoms. The van der Waals surface area contributed by atoms with Gasteiger partial charge in [-0.05, 0) is 43.0 Å². The molecule has 1 aromatic rings. The number of carboxylic acids is 1. The summed E-state index contributed by atoms with van der Waals surface area (Å²) in [5.74, 6) is -1.43. The number of amides is 3. The summed E-state index contributed by atoms with van der Waals surface area (Å²) in [5.41, 5.74) is 0.587. The van der Waals surface area contributed by atoms with Gasteiger partial charge < -0.3 is 21.1 Å². The van der Waals surface area contributed by atoms with Crippen molar-refractivity contribution in [3.63, 3.8) is 0 Å². The number of halogens is 1. The summed E-state index contributed by atoms with van der Waals surface area (Å²) in [7, 11) is 0. The molecule has 0 fully saturated rings. The minimum atomic E-state index is -1.08. The Morgan fingerprint density at radius 3 is 2.19 bits per heavy atom. The van der Waals surface area contributed by atoms with Crippen molar-refractivity contribution in [3.05, 3.63) is 28.7 Å². The molecule has 0 bridgehead atoms. The topological polar surface area (TPSA) is 108 Å². The van der Waals surface area contributed by atoms with Gasteiger partial charge in [0, 0.05) is 10.2 Å². The molecule has 4 N–H and O–H groups in total. The summed E-state index contributed by atoms with van der Waals surface area (Å²) in [6.07, 6.45) is 1.36. The van der Waals surface area contributed by atoms with Crippen LogP contribution in [0.15, 0.2) is 28.7 Å². The Morgan fingerprint density at radius 1 is 1.08 bits per heavy atom. The summed E-state index contributed by atoms with van der Waals surface area (Å²) in [6.45, 7) is 5.70. The van der Waals surface area contributed by atoms with Gasteiger partial charge in [0.15, 0.2) is 0 Å². The van der Waals surface area contributed by atoms with Gasteiger partial charge in [-0.3, -0.25) is 4.79 Å². The van der Waals surface area contributed by atoms with Crippen LogP contribution < -0.4 is 16.0 Å². The molecule has 2 atom stereocenters. The van der Waals surface area contributed by atoms with E-state index in [-0.39, 0.29) is 5.92 Å². The van der Waals surface area contributed by atoms with Crippen LogP contribution in [0.3, 0.4) is 0 Å². The van der Waals surface area contributed by atoms with Crippen molar-refractivity contribution in [2.75, 3.05) is 5.32 Å². The molecule has 144 valence electrons. The molecule has 3 amide bonds. The predicted octanol–water partition coefficient (Wildman–Crippen LogP) is 3.35. The molecule has 8 heteroatoms. The zero-order chi connectivity index (χ0) is 19.7. The van der Waals surface area contributed by atoms with Crippen molar-refractivity contribution in [2.24, 2.45) is 5.92 Å². The van der Waals surface area contributed by atoms with Crippen molar-refractivity contribution in [1.82, 2.24) is 10.6 Å². The number of urea groups is 1. The number of rotatable bonds is 9. The number of benzene rings is 1. The molecule has 0 radical (unpaired) electrons. The highest BCUT2D eigenvalue weighted by molar-refractivity contribution is 9.10. The van der Waals surface area contributed by atoms with Crippen molar-refractivity contribution in [3.8, 4) is 0 Å². The van der Waals surface area contributed by atoms with Gasteiger partial charge in [0.05, 0.1) is 0 Å². The van der Waals surface area contributed by atoms with Gasteiger partial charge in [-0.2, -0.15) is 0 Å². The third-order valence-electron chi connectivity index (χ3n) is 3.62. The maximum atomic E-state index is 12.5. The van der Waals surface area contributed by atoms with E-state index >= 15 is 0 Å². The van der Waals surface area contributed by atoms with Crippen molar-refractivity contribution in [2.45, 2.75) is 52.1 Å². The van der Waals surface area contributed by atoms with Crippen LogP contribution in [0.5, 0.6) is 0 Å². The zero-order valence-corrected chi connectivity index (χ0v) is 16.8. The zero-order valence-electron chi connectivity index (χ0n) is 15.2. The quantitative estimate of drug-likeness (QED) is 0.484. The molecule has 7 nitrogen and oxygen atoms in total. The molecule has 0 aliphatic carbocycles. The third-order valence-corrected chi connectivity index (χ3v) is 4.15.